The minimum atomic E-state index is -0.236. The Hall–Kier alpha value is -3.35. The van der Waals surface area contributed by atoms with Crippen LogP contribution in [-0.4, -0.2) is 30.3 Å². The van der Waals surface area contributed by atoms with Gasteiger partial charge in [-0.25, -0.2) is 0 Å². The van der Waals surface area contributed by atoms with E-state index < -0.39 is 0 Å². The van der Waals surface area contributed by atoms with Crippen LogP contribution in [0, 0.1) is 0 Å². The Morgan fingerprint density at radius 3 is 2.74 bits per heavy atom. The highest BCUT2D eigenvalue weighted by Crippen LogP contribution is 2.21. The molecule has 7 heteroatoms. The van der Waals surface area contributed by atoms with Crippen LogP contribution in [0.25, 0.3) is 0 Å². The Labute approximate surface area is 156 Å². The van der Waals surface area contributed by atoms with Crippen molar-refractivity contribution in [3.05, 3.63) is 59.2 Å². The summed E-state index contributed by atoms with van der Waals surface area (Å²) in [5, 5.41) is 11.5. The molecule has 4 rings (SSSR count). The summed E-state index contributed by atoms with van der Waals surface area (Å²) >= 11 is 0. The highest BCUT2D eigenvalue weighted by atomic mass is 16.2. The quantitative estimate of drug-likeness (QED) is 0.629. The highest BCUT2D eigenvalue weighted by molar-refractivity contribution is 6.00. The molecular formula is C20H20N4O3. The smallest absolute Gasteiger partial charge is 0.251 e. The second-order valence-electron chi connectivity index (χ2n) is 6.78. The van der Waals surface area contributed by atoms with Crippen LogP contribution in [0.5, 0.6) is 0 Å². The molecule has 1 heterocycles. The molecule has 0 aromatic heterocycles. The van der Waals surface area contributed by atoms with Crippen LogP contribution >= 0.6 is 0 Å². The number of nitrogens with one attached hydrogen (secondary N) is 4. The molecule has 0 radical (unpaired) electrons. The number of anilines is 2. The number of hydrogen-bond acceptors (Lipinski definition) is 4. The van der Waals surface area contributed by atoms with E-state index in [-0.39, 0.29) is 30.3 Å². The first-order chi connectivity index (χ1) is 13.1. The van der Waals surface area contributed by atoms with E-state index in [0.717, 1.165) is 18.4 Å². The summed E-state index contributed by atoms with van der Waals surface area (Å²) < 4.78 is 0. The molecule has 138 valence electrons. The molecule has 1 saturated carbocycles. The van der Waals surface area contributed by atoms with Crippen molar-refractivity contribution in [3.63, 3.8) is 0 Å². The summed E-state index contributed by atoms with van der Waals surface area (Å²) in [6.07, 6.45) is 2.05. The molecule has 2 aromatic carbocycles. The van der Waals surface area contributed by atoms with Gasteiger partial charge in [-0.05, 0) is 48.7 Å². The molecule has 1 fully saturated rings. The lowest BCUT2D eigenvalue weighted by atomic mass is 10.1. The van der Waals surface area contributed by atoms with Gasteiger partial charge in [0.2, 0.25) is 5.91 Å². The fourth-order valence-electron chi connectivity index (χ4n) is 2.94. The second kappa shape index (κ2) is 7.11. The molecule has 0 unspecified atom stereocenters. The lowest BCUT2D eigenvalue weighted by Gasteiger charge is -2.10. The van der Waals surface area contributed by atoms with Gasteiger partial charge in [0.15, 0.2) is 0 Å². The maximum Gasteiger partial charge on any atom is 0.251 e. The first-order valence-electron chi connectivity index (χ1n) is 8.94. The van der Waals surface area contributed by atoms with E-state index in [9.17, 15) is 14.4 Å². The number of carbonyl (C=O) groups is 3. The molecule has 7 nitrogen and oxygen atoms in total. The molecule has 0 atom stereocenters. The zero-order valence-corrected chi connectivity index (χ0v) is 14.7. The van der Waals surface area contributed by atoms with Crippen LogP contribution in [-0.2, 0) is 11.3 Å². The van der Waals surface area contributed by atoms with Crippen molar-refractivity contribution in [2.75, 3.05) is 17.2 Å². The maximum absolute atomic E-state index is 12.2. The average molecular weight is 364 g/mol. The minimum absolute atomic E-state index is 0.0545. The Morgan fingerprint density at radius 2 is 1.93 bits per heavy atom. The molecule has 3 amide bonds. The van der Waals surface area contributed by atoms with Crippen molar-refractivity contribution in [2.24, 2.45) is 0 Å². The molecule has 1 aliphatic carbocycles. The van der Waals surface area contributed by atoms with Gasteiger partial charge in [0.1, 0.15) is 0 Å². The molecule has 0 bridgehead atoms. The first kappa shape index (κ1) is 17.1. The van der Waals surface area contributed by atoms with Gasteiger partial charge in [-0.15, -0.1) is 0 Å². The summed E-state index contributed by atoms with van der Waals surface area (Å²) in [6.45, 7) is 0.596. The summed E-state index contributed by atoms with van der Waals surface area (Å²) in [4.78, 5) is 36.0. The monoisotopic (exact) mass is 364 g/mol. The average Bonchev–Trinajstić information content (AvgIpc) is 3.41. The lowest BCUT2D eigenvalue weighted by molar-refractivity contribution is -0.114. The number of rotatable bonds is 6. The van der Waals surface area contributed by atoms with Crippen molar-refractivity contribution in [1.29, 1.82) is 0 Å². The van der Waals surface area contributed by atoms with Crippen LogP contribution in [0.1, 0.15) is 39.1 Å². The standard InChI is InChI=1S/C20H20N4O3/c25-18(11-21-15-5-4-13-10-22-20(27)17(13)9-15)23-16-3-1-2-12(8-16)19(26)24-14-6-7-14/h1-5,8-9,14,21H,6-7,10-11H2,(H,22,27)(H,23,25)(H,24,26). The van der Waals surface area contributed by atoms with Crippen LogP contribution < -0.4 is 21.3 Å². The minimum Gasteiger partial charge on any atom is -0.376 e. The van der Waals surface area contributed by atoms with Crippen molar-refractivity contribution in [3.8, 4) is 0 Å². The summed E-state index contributed by atoms with van der Waals surface area (Å²) in [6, 6.07) is 12.6. The van der Waals surface area contributed by atoms with Gasteiger partial charge < -0.3 is 21.3 Å². The van der Waals surface area contributed by atoms with E-state index in [2.05, 4.69) is 21.3 Å². The summed E-state index contributed by atoms with van der Waals surface area (Å²) in [7, 11) is 0. The Kier molecular flexibility index (Phi) is 4.50. The van der Waals surface area contributed by atoms with Crippen molar-refractivity contribution >= 4 is 29.1 Å². The fraction of sp³-hybridized carbons (Fsp3) is 0.250. The van der Waals surface area contributed by atoms with Crippen molar-refractivity contribution < 1.29 is 14.4 Å². The van der Waals surface area contributed by atoms with Gasteiger partial charge in [0.25, 0.3) is 11.8 Å². The van der Waals surface area contributed by atoms with Crippen LogP contribution in [0.2, 0.25) is 0 Å². The number of benzene rings is 2. The van der Waals surface area contributed by atoms with Crippen LogP contribution in [0.3, 0.4) is 0 Å². The predicted octanol–water partition coefficient (Wildman–Crippen LogP) is 1.87. The Bertz CT molecular complexity index is 921. The van der Waals surface area contributed by atoms with E-state index in [1.54, 1.807) is 30.3 Å². The number of hydrogen-bond donors (Lipinski definition) is 4. The zero-order chi connectivity index (χ0) is 18.8. The first-order valence-corrected chi connectivity index (χ1v) is 8.94. The Balaban J connectivity index is 1.33. The van der Waals surface area contributed by atoms with Crippen LogP contribution in [0.4, 0.5) is 11.4 Å². The molecule has 4 N–H and O–H groups in total. The van der Waals surface area contributed by atoms with Gasteiger partial charge in [-0.2, -0.15) is 0 Å². The topological polar surface area (TPSA) is 99.3 Å². The molecule has 0 spiro atoms. The molecular weight excluding hydrogens is 344 g/mol. The highest BCUT2D eigenvalue weighted by Gasteiger charge is 2.24. The number of carbonyl (C=O) groups excluding carboxylic acids is 3. The van der Waals surface area contributed by atoms with Gasteiger partial charge in [-0.3, -0.25) is 14.4 Å². The molecule has 2 aliphatic rings. The third-order valence-electron chi connectivity index (χ3n) is 4.57. The van der Waals surface area contributed by atoms with Crippen molar-refractivity contribution in [2.45, 2.75) is 25.4 Å². The molecule has 2 aromatic rings. The molecule has 27 heavy (non-hydrogen) atoms. The lowest BCUT2D eigenvalue weighted by Crippen LogP contribution is -2.26. The predicted molar refractivity (Wildman–Crippen MR) is 102 cm³/mol. The van der Waals surface area contributed by atoms with Gasteiger partial charge in [0.05, 0.1) is 6.54 Å². The zero-order valence-electron chi connectivity index (χ0n) is 14.7. The SMILES string of the molecule is O=C(CNc1ccc2c(c1)C(=O)NC2)Nc1cccc(C(=O)NC2CC2)c1. The van der Waals surface area contributed by atoms with E-state index in [4.69, 9.17) is 0 Å². The van der Waals surface area contributed by atoms with Gasteiger partial charge in [0, 0.05) is 35.1 Å². The fourth-order valence-corrected chi connectivity index (χ4v) is 2.94. The Morgan fingerprint density at radius 1 is 1.07 bits per heavy atom. The third kappa shape index (κ3) is 4.08. The molecule has 1 aliphatic heterocycles. The second-order valence-corrected chi connectivity index (χ2v) is 6.78. The van der Waals surface area contributed by atoms with E-state index >= 15 is 0 Å². The molecule has 0 saturated heterocycles. The van der Waals surface area contributed by atoms with E-state index in [1.165, 1.54) is 0 Å². The summed E-state index contributed by atoms with van der Waals surface area (Å²) in [5.41, 5.74) is 3.39. The number of fused-ring (bicyclic) bond motifs is 1. The summed E-state index contributed by atoms with van der Waals surface area (Å²) in [5.74, 6) is -0.456. The number of amides is 3. The normalized spacial score (nSPS) is 14.9. The third-order valence-corrected chi connectivity index (χ3v) is 4.57. The van der Waals surface area contributed by atoms with Gasteiger partial charge in [-0.1, -0.05) is 12.1 Å². The van der Waals surface area contributed by atoms with E-state index in [0.29, 0.717) is 29.0 Å². The maximum atomic E-state index is 12.2. The van der Waals surface area contributed by atoms with Crippen LogP contribution in [0.15, 0.2) is 42.5 Å². The van der Waals surface area contributed by atoms with E-state index in [1.807, 2.05) is 12.1 Å². The van der Waals surface area contributed by atoms with Crippen molar-refractivity contribution in [1.82, 2.24) is 10.6 Å². The largest absolute Gasteiger partial charge is 0.376 e. The van der Waals surface area contributed by atoms with Gasteiger partial charge >= 0.3 is 0 Å².